The SMILES string of the molecule is CCC(O)CCn1nnnc1Sc1c(C(N)=O)cc([N+](=O)[O-])cc1-c1ncc(C(F)(F)C(F)(F)C(F)(F)F)cc1F. The lowest BCUT2D eigenvalue weighted by Crippen LogP contribution is -2.50. The number of tetrazole rings is 1. The highest BCUT2D eigenvalue weighted by atomic mass is 32.2. The van der Waals surface area contributed by atoms with Crippen molar-refractivity contribution in [2.75, 3.05) is 0 Å². The van der Waals surface area contributed by atoms with Gasteiger partial charge in [0.05, 0.1) is 16.6 Å². The van der Waals surface area contributed by atoms with Crippen LogP contribution in [-0.4, -0.2) is 59.3 Å². The molecule has 1 aromatic carbocycles. The summed E-state index contributed by atoms with van der Waals surface area (Å²) < 4.78 is 109. The van der Waals surface area contributed by atoms with Crippen LogP contribution in [0.5, 0.6) is 0 Å². The van der Waals surface area contributed by atoms with Crippen LogP contribution < -0.4 is 5.73 Å². The van der Waals surface area contributed by atoms with E-state index >= 15 is 4.39 Å². The number of alkyl halides is 7. The van der Waals surface area contributed by atoms with E-state index in [0.717, 1.165) is 4.68 Å². The molecule has 41 heavy (non-hydrogen) atoms. The summed E-state index contributed by atoms with van der Waals surface area (Å²) in [6.07, 6.45) is -7.06. The number of nitrogens with two attached hydrogens (primary N) is 1. The van der Waals surface area contributed by atoms with Crippen molar-refractivity contribution < 1.29 is 49.9 Å². The van der Waals surface area contributed by atoms with E-state index in [-0.39, 0.29) is 35.3 Å². The first-order chi connectivity index (χ1) is 18.9. The number of aromatic nitrogens is 5. The average Bonchev–Trinajstić information content (AvgIpc) is 3.33. The van der Waals surface area contributed by atoms with Gasteiger partial charge >= 0.3 is 18.0 Å². The number of halogens is 8. The van der Waals surface area contributed by atoms with Crippen molar-refractivity contribution in [1.82, 2.24) is 25.2 Å². The summed E-state index contributed by atoms with van der Waals surface area (Å²) in [6, 6.07) is 1.01. The van der Waals surface area contributed by atoms with E-state index in [9.17, 15) is 50.7 Å². The molecule has 222 valence electrons. The van der Waals surface area contributed by atoms with Gasteiger partial charge in [-0.15, -0.1) is 5.10 Å². The quantitative estimate of drug-likeness (QED) is 0.180. The summed E-state index contributed by atoms with van der Waals surface area (Å²) in [4.78, 5) is 25.5. The topological polar surface area (TPSA) is 163 Å². The fourth-order valence-corrected chi connectivity index (χ4v) is 4.36. The predicted octanol–water partition coefficient (Wildman–Crippen LogP) is 4.48. The number of hydrogen-bond acceptors (Lipinski definition) is 9. The van der Waals surface area contributed by atoms with E-state index < -0.39 is 68.8 Å². The van der Waals surface area contributed by atoms with Crippen LogP contribution in [0.2, 0.25) is 0 Å². The van der Waals surface area contributed by atoms with Gasteiger partial charge in [0.1, 0.15) is 11.5 Å². The van der Waals surface area contributed by atoms with Crippen molar-refractivity contribution in [3.8, 4) is 11.3 Å². The smallest absolute Gasteiger partial charge is 0.393 e. The Morgan fingerprint density at radius 2 is 1.85 bits per heavy atom. The second kappa shape index (κ2) is 11.5. The molecule has 0 aliphatic heterocycles. The second-order valence-electron chi connectivity index (χ2n) is 8.33. The van der Waals surface area contributed by atoms with E-state index in [2.05, 4.69) is 20.5 Å². The molecule has 0 spiro atoms. The number of aryl methyl sites for hydroxylation is 1. The molecule has 0 saturated heterocycles. The number of nitro groups is 1. The number of non-ortho nitro benzene ring substituents is 1. The number of pyridine rings is 1. The van der Waals surface area contributed by atoms with Gasteiger partial charge < -0.3 is 10.8 Å². The summed E-state index contributed by atoms with van der Waals surface area (Å²) >= 11 is 0.501. The van der Waals surface area contributed by atoms with E-state index in [1.54, 1.807) is 6.92 Å². The van der Waals surface area contributed by atoms with Gasteiger partial charge in [0.15, 0.2) is 0 Å². The van der Waals surface area contributed by atoms with Crippen LogP contribution in [0.25, 0.3) is 11.3 Å². The highest BCUT2D eigenvalue weighted by Gasteiger charge is 2.73. The normalized spacial score (nSPS) is 13.3. The molecule has 0 saturated carbocycles. The van der Waals surface area contributed by atoms with Crippen molar-refractivity contribution >= 4 is 23.4 Å². The Labute approximate surface area is 227 Å². The van der Waals surface area contributed by atoms with Gasteiger partial charge in [0.2, 0.25) is 11.1 Å². The Bertz CT molecular complexity index is 1470. The summed E-state index contributed by atoms with van der Waals surface area (Å²) in [5.74, 6) is -15.7. The number of nitrogens with zero attached hydrogens (tertiary/aromatic N) is 6. The molecule has 20 heteroatoms. The predicted molar refractivity (Wildman–Crippen MR) is 123 cm³/mol. The van der Waals surface area contributed by atoms with Gasteiger partial charge in [-0.25, -0.2) is 9.07 Å². The zero-order chi connectivity index (χ0) is 30.9. The lowest BCUT2D eigenvalue weighted by atomic mass is 10.0. The monoisotopic (exact) mass is 615 g/mol. The zero-order valence-corrected chi connectivity index (χ0v) is 21.2. The third-order valence-electron chi connectivity index (χ3n) is 5.60. The van der Waals surface area contributed by atoms with Gasteiger partial charge in [-0.2, -0.15) is 30.7 Å². The molecule has 3 rings (SSSR count). The van der Waals surface area contributed by atoms with Crippen molar-refractivity contribution in [3.63, 3.8) is 0 Å². The number of hydrogen-bond donors (Lipinski definition) is 2. The number of aliphatic hydroxyl groups excluding tert-OH is 1. The highest BCUT2D eigenvalue weighted by Crippen LogP contribution is 2.52. The summed E-state index contributed by atoms with van der Waals surface area (Å²) in [7, 11) is 0. The summed E-state index contributed by atoms with van der Waals surface area (Å²) in [6.45, 7) is 1.73. The van der Waals surface area contributed by atoms with Crippen LogP contribution in [-0.2, 0) is 12.5 Å². The fraction of sp³-hybridized carbons (Fsp3) is 0.381. The first-order valence-corrected chi connectivity index (χ1v) is 12.0. The minimum atomic E-state index is -6.71. The van der Waals surface area contributed by atoms with Crippen LogP contribution in [0, 0.1) is 15.9 Å². The lowest BCUT2D eigenvalue weighted by Gasteiger charge is -2.28. The van der Waals surface area contributed by atoms with Crippen LogP contribution in [0.15, 0.2) is 34.4 Å². The average molecular weight is 615 g/mol. The first kappa shape index (κ1) is 31.6. The molecule has 2 aromatic heterocycles. The molecule has 11 nitrogen and oxygen atoms in total. The minimum absolute atomic E-state index is 0.0301. The molecular weight excluding hydrogens is 598 g/mol. The molecule has 2 heterocycles. The maximum atomic E-state index is 15.1. The van der Waals surface area contributed by atoms with Crippen LogP contribution in [0.4, 0.5) is 40.8 Å². The molecule has 0 aliphatic carbocycles. The van der Waals surface area contributed by atoms with E-state index in [1.807, 2.05) is 0 Å². The molecule has 1 amide bonds. The maximum absolute atomic E-state index is 15.1. The van der Waals surface area contributed by atoms with Crippen molar-refractivity contribution in [3.05, 3.63) is 51.5 Å². The Morgan fingerprint density at radius 3 is 2.39 bits per heavy atom. The number of carbonyl (C=O) groups excluding carboxylic acids is 1. The van der Waals surface area contributed by atoms with Gasteiger partial charge in [0.25, 0.3) is 5.69 Å². The van der Waals surface area contributed by atoms with Crippen LogP contribution >= 0.6 is 11.8 Å². The Morgan fingerprint density at radius 1 is 1.20 bits per heavy atom. The van der Waals surface area contributed by atoms with E-state index in [4.69, 9.17) is 5.73 Å². The Balaban J connectivity index is 2.20. The molecule has 3 N–H and O–H groups in total. The Kier molecular flexibility index (Phi) is 8.87. The molecule has 3 aromatic rings. The molecule has 0 aliphatic rings. The molecule has 0 bridgehead atoms. The third-order valence-corrected chi connectivity index (χ3v) is 6.72. The number of nitro benzene ring substituents is 1. The number of primary amides is 1. The minimum Gasteiger partial charge on any atom is -0.393 e. The first-order valence-electron chi connectivity index (χ1n) is 11.1. The molecule has 1 unspecified atom stereocenters. The van der Waals surface area contributed by atoms with Crippen LogP contribution in [0.1, 0.15) is 35.7 Å². The van der Waals surface area contributed by atoms with Crippen LogP contribution in [0.3, 0.4) is 0 Å². The number of carbonyl (C=O) groups is 1. The highest BCUT2D eigenvalue weighted by molar-refractivity contribution is 7.99. The second-order valence-corrected chi connectivity index (χ2v) is 9.31. The number of benzene rings is 1. The molecule has 1 atom stereocenters. The molecule has 0 radical (unpaired) electrons. The third kappa shape index (κ3) is 6.21. The van der Waals surface area contributed by atoms with Crippen molar-refractivity contribution in [2.45, 2.75) is 60.5 Å². The number of rotatable bonds is 11. The van der Waals surface area contributed by atoms with Gasteiger partial charge in [-0.1, -0.05) is 6.92 Å². The number of aliphatic hydroxyl groups is 1. The summed E-state index contributed by atoms with van der Waals surface area (Å²) in [5.41, 5.74) is 0.0643. The zero-order valence-electron chi connectivity index (χ0n) is 20.4. The Hall–Kier alpha value is -3.94. The summed E-state index contributed by atoms with van der Waals surface area (Å²) in [5, 5.41) is 32.0. The van der Waals surface area contributed by atoms with E-state index in [0.29, 0.717) is 30.3 Å². The fourth-order valence-electron chi connectivity index (χ4n) is 3.33. The molecule has 0 fully saturated rings. The van der Waals surface area contributed by atoms with Gasteiger partial charge in [-0.05, 0) is 41.1 Å². The van der Waals surface area contributed by atoms with Gasteiger partial charge in [-0.3, -0.25) is 19.9 Å². The van der Waals surface area contributed by atoms with Crippen molar-refractivity contribution in [2.24, 2.45) is 5.73 Å². The number of amides is 1. The lowest BCUT2D eigenvalue weighted by molar-refractivity contribution is -0.384. The standard InChI is InChI=1S/C21H17F8N7O4S/c1-2-11(37)3-4-35-18(32-33-34-35)41-16-12(6-10(36(39)40)7-13(16)17(30)38)15-14(22)5-9(8-31-15)19(23,24)20(25,26)21(27,28)29/h5-8,11,37H,2-4H2,1H3,(H2,30,38). The van der Waals surface area contributed by atoms with Crippen molar-refractivity contribution in [1.29, 1.82) is 0 Å². The maximum Gasteiger partial charge on any atom is 0.460 e. The van der Waals surface area contributed by atoms with E-state index in [1.165, 1.54) is 0 Å². The largest absolute Gasteiger partial charge is 0.460 e. The molecular formula is C21H17F8N7O4S. The van der Waals surface area contributed by atoms with Gasteiger partial charge in [0, 0.05) is 40.9 Å².